The number of anilines is 1. The number of aromatic nitrogens is 1. The number of nitrogens with zero attached hydrogens (tertiary/aromatic N) is 1. The lowest BCUT2D eigenvalue weighted by molar-refractivity contribution is 0.789. The molecule has 1 aromatic heterocycles. The first-order valence-electron chi connectivity index (χ1n) is 4.75. The van der Waals surface area contributed by atoms with Gasteiger partial charge in [-0.1, -0.05) is 6.92 Å². The van der Waals surface area contributed by atoms with E-state index in [1.54, 1.807) is 11.3 Å². The molecule has 2 N–H and O–H groups in total. The Kier molecular flexibility index (Phi) is 3.62. The van der Waals surface area contributed by atoms with Crippen LogP contribution in [0, 0.1) is 0 Å². The highest BCUT2D eigenvalue weighted by Crippen LogP contribution is 2.44. The maximum atomic E-state index is 5.66. The Labute approximate surface area is 97.1 Å². The van der Waals surface area contributed by atoms with Gasteiger partial charge in [0.25, 0.3) is 0 Å². The van der Waals surface area contributed by atoms with E-state index in [2.05, 4.69) is 23.7 Å². The van der Waals surface area contributed by atoms with E-state index in [-0.39, 0.29) is 0 Å². The maximum absolute atomic E-state index is 5.66. The summed E-state index contributed by atoms with van der Waals surface area (Å²) in [6.07, 6.45) is 1.22. The monoisotopic (exact) mass is 246 g/mol. The van der Waals surface area contributed by atoms with Crippen molar-refractivity contribution >= 4 is 40.7 Å². The van der Waals surface area contributed by atoms with E-state index >= 15 is 0 Å². The average Bonchev–Trinajstić information content (AvgIpc) is 2.65. The lowest BCUT2D eigenvalue weighted by Crippen LogP contribution is -2.18. The van der Waals surface area contributed by atoms with E-state index < -0.39 is 0 Å². The van der Waals surface area contributed by atoms with Crippen LogP contribution in [0.15, 0.2) is 5.38 Å². The average molecular weight is 246 g/mol. The Morgan fingerprint density at radius 3 is 2.93 bits per heavy atom. The van der Waals surface area contributed by atoms with Gasteiger partial charge in [0, 0.05) is 22.1 Å². The summed E-state index contributed by atoms with van der Waals surface area (Å²) in [7, 11) is 0. The van der Waals surface area contributed by atoms with Crippen molar-refractivity contribution in [3.63, 3.8) is 0 Å². The molecule has 0 aliphatic carbocycles. The number of thioether (sulfide) groups is 2. The molecule has 0 spiro atoms. The van der Waals surface area contributed by atoms with Gasteiger partial charge in [-0.25, -0.2) is 4.98 Å². The number of hydrogen-bond donors (Lipinski definition) is 1. The third-order valence-corrected chi connectivity index (χ3v) is 6.59. The smallest absolute Gasteiger partial charge is 0.134 e. The Hall–Kier alpha value is 0.130. The fourth-order valence-corrected chi connectivity index (χ4v) is 5.71. The molecular weight excluding hydrogens is 232 g/mol. The van der Waals surface area contributed by atoms with Crippen molar-refractivity contribution in [1.29, 1.82) is 0 Å². The van der Waals surface area contributed by atoms with Crippen molar-refractivity contribution < 1.29 is 0 Å². The molecule has 0 saturated carbocycles. The molecule has 0 radical (unpaired) electrons. The van der Waals surface area contributed by atoms with Gasteiger partial charge in [-0.05, 0) is 6.42 Å². The predicted molar refractivity (Wildman–Crippen MR) is 68.3 cm³/mol. The van der Waals surface area contributed by atoms with Gasteiger partial charge in [0.15, 0.2) is 0 Å². The first kappa shape index (κ1) is 10.6. The van der Waals surface area contributed by atoms with Crippen LogP contribution in [-0.2, 0) is 0 Å². The molecule has 0 bridgehead atoms. The van der Waals surface area contributed by atoms with Gasteiger partial charge in [0.2, 0.25) is 0 Å². The second-order valence-corrected chi connectivity index (χ2v) is 6.71. The predicted octanol–water partition coefficient (Wildman–Crippen LogP) is 3.03. The van der Waals surface area contributed by atoms with E-state index in [9.17, 15) is 0 Å². The van der Waals surface area contributed by atoms with Crippen molar-refractivity contribution in [3.8, 4) is 0 Å². The normalized spacial score (nSPS) is 27.8. The molecule has 14 heavy (non-hydrogen) atoms. The molecule has 78 valence electrons. The molecule has 1 saturated heterocycles. The zero-order chi connectivity index (χ0) is 9.97. The van der Waals surface area contributed by atoms with Gasteiger partial charge in [-0.2, -0.15) is 11.8 Å². The third-order valence-electron chi connectivity index (χ3n) is 2.24. The molecule has 0 amide bonds. The molecule has 1 aliphatic heterocycles. The summed E-state index contributed by atoms with van der Waals surface area (Å²) in [4.78, 5) is 4.39. The summed E-state index contributed by atoms with van der Waals surface area (Å²) in [5, 5.41) is 4.45. The van der Waals surface area contributed by atoms with Crippen LogP contribution in [0.25, 0.3) is 0 Å². The summed E-state index contributed by atoms with van der Waals surface area (Å²) in [5.74, 6) is 3.20. The highest BCUT2D eigenvalue weighted by molar-refractivity contribution is 8.06. The Morgan fingerprint density at radius 1 is 1.50 bits per heavy atom. The second kappa shape index (κ2) is 4.77. The van der Waals surface area contributed by atoms with Crippen LogP contribution in [0.4, 0.5) is 5.82 Å². The van der Waals surface area contributed by atoms with E-state index in [1.807, 2.05) is 17.1 Å². The van der Waals surface area contributed by atoms with Crippen LogP contribution in [0.5, 0.6) is 0 Å². The molecule has 1 aliphatic rings. The van der Waals surface area contributed by atoms with Crippen molar-refractivity contribution in [2.75, 3.05) is 17.2 Å². The fourth-order valence-electron chi connectivity index (χ4n) is 1.56. The van der Waals surface area contributed by atoms with E-state index in [0.29, 0.717) is 11.1 Å². The first-order valence-corrected chi connectivity index (χ1v) is 7.73. The molecule has 5 heteroatoms. The quantitative estimate of drug-likeness (QED) is 0.870. The van der Waals surface area contributed by atoms with Gasteiger partial charge < -0.3 is 5.73 Å². The van der Waals surface area contributed by atoms with Gasteiger partial charge in [-0.15, -0.1) is 23.1 Å². The second-order valence-electron chi connectivity index (χ2n) is 3.22. The Bertz CT molecular complexity index is 300. The maximum Gasteiger partial charge on any atom is 0.134 e. The van der Waals surface area contributed by atoms with Crippen molar-refractivity contribution in [1.82, 2.24) is 4.98 Å². The van der Waals surface area contributed by atoms with Crippen LogP contribution < -0.4 is 5.73 Å². The van der Waals surface area contributed by atoms with Gasteiger partial charge in [0.1, 0.15) is 10.8 Å². The van der Waals surface area contributed by atoms with Crippen molar-refractivity contribution in [2.45, 2.75) is 23.8 Å². The zero-order valence-corrected chi connectivity index (χ0v) is 10.6. The zero-order valence-electron chi connectivity index (χ0n) is 8.10. The van der Waals surface area contributed by atoms with E-state index in [1.165, 1.54) is 22.9 Å². The topological polar surface area (TPSA) is 38.9 Å². The van der Waals surface area contributed by atoms with Gasteiger partial charge in [0.05, 0.1) is 5.25 Å². The number of thiazole rings is 1. The number of rotatable bonds is 2. The minimum atomic E-state index is 0.570. The number of nitrogen functional groups attached to an aromatic ring is 1. The van der Waals surface area contributed by atoms with Crippen molar-refractivity contribution in [3.05, 3.63) is 10.4 Å². The van der Waals surface area contributed by atoms with E-state index in [4.69, 9.17) is 5.73 Å². The minimum Gasteiger partial charge on any atom is -0.383 e. The Morgan fingerprint density at radius 2 is 2.29 bits per heavy atom. The number of nitrogens with two attached hydrogens (primary N) is 1. The minimum absolute atomic E-state index is 0.570. The summed E-state index contributed by atoms with van der Waals surface area (Å²) >= 11 is 5.82. The van der Waals surface area contributed by atoms with Crippen LogP contribution in [0.1, 0.15) is 23.6 Å². The fraction of sp³-hybridized carbons (Fsp3) is 0.667. The van der Waals surface area contributed by atoms with Crippen LogP contribution in [0.3, 0.4) is 0 Å². The van der Waals surface area contributed by atoms with Crippen LogP contribution in [-0.4, -0.2) is 21.7 Å². The molecule has 2 atom stereocenters. The summed E-state index contributed by atoms with van der Waals surface area (Å²) in [5.41, 5.74) is 5.66. The molecule has 2 heterocycles. The van der Waals surface area contributed by atoms with Crippen LogP contribution in [0.2, 0.25) is 0 Å². The molecular formula is C9H14N2S3. The van der Waals surface area contributed by atoms with Gasteiger partial charge in [-0.3, -0.25) is 0 Å². The molecule has 1 aromatic rings. The summed E-state index contributed by atoms with van der Waals surface area (Å²) < 4.78 is 0. The highest BCUT2D eigenvalue weighted by atomic mass is 32.2. The standard InChI is InChI=1S/C9H14N2S3/c1-2-6-8(13-4-3-12-6)9-11-7(10)5-14-9/h5-6,8H,2-4,10H2,1H3. The van der Waals surface area contributed by atoms with Crippen molar-refractivity contribution in [2.24, 2.45) is 0 Å². The highest BCUT2D eigenvalue weighted by Gasteiger charge is 2.28. The summed E-state index contributed by atoms with van der Waals surface area (Å²) in [6, 6.07) is 0. The first-order chi connectivity index (χ1) is 6.81. The lowest BCUT2D eigenvalue weighted by Gasteiger charge is -2.28. The molecule has 1 fully saturated rings. The molecule has 0 aromatic carbocycles. The third kappa shape index (κ3) is 2.20. The number of hydrogen-bond acceptors (Lipinski definition) is 5. The lowest BCUT2D eigenvalue weighted by atomic mass is 10.2. The van der Waals surface area contributed by atoms with Crippen LogP contribution >= 0.6 is 34.9 Å². The molecule has 2 rings (SSSR count). The summed E-state index contributed by atoms with van der Waals surface area (Å²) in [6.45, 7) is 2.26. The largest absolute Gasteiger partial charge is 0.383 e. The van der Waals surface area contributed by atoms with E-state index in [0.717, 1.165) is 5.25 Å². The Balaban J connectivity index is 2.14. The SMILES string of the molecule is CCC1SCCSC1c1nc(N)cs1. The molecule has 2 nitrogen and oxygen atoms in total. The molecule has 2 unspecified atom stereocenters. The van der Waals surface area contributed by atoms with Gasteiger partial charge >= 0.3 is 0 Å².